The number of hydrogen-bond acceptors (Lipinski definition) is 2. The van der Waals surface area contributed by atoms with Crippen LogP contribution in [0.15, 0.2) is 42.5 Å². The molecule has 1 aliphatic heterocycles. The molecule has 5 heteroatoms. The van der Waals surface area contributed by atoms with Gasteiger partial charge in [-0.25, -0.2) is 0 Å². The molecule has 0 N–H and O–H groups in total. The number of rotatable bonds is 2. The lowest BCUT2D eigenvalue weighted by Gasteiger charge is -2.26. The van der Waals surface area contributed by atoms with E-state index < -0.39 is 0 Å². The lowest BCUT2D eigenvalue weighted by atomic mass is 10.1. The maximum Gasteiger partial charge on any atom is 0.238 e. The van der Waals surface area contributed by atoms with Crippen LogP contribution in [0, 0.1) is 6.92 Å². The summed E-state index contributed by atoms with van der Waals surface area (Å²) >= 11 is 13.9. The highest BCUT2D eigenvalue weighted by Crippen LogP contribution is 2.45. The molecule has 0 bridgehead atoms. The van der Waals surface area contributed by atoms with Gasteiger partial charge in [0.2, 0.25) is 5.91 Å². The molecule has 1 aliphatic rings. The number of benzene rings is 2. The second-order valence-electron chi connectivity index (χ2n) is 4.88. The average Bonchev–Trinajstić information content (AvgIpc) is 2.81. The lowest BCUT2D eigenvalue weighted by Crippen LogP contribution is -2.28. The summed E-state index contributed by atoms with van der Waals surface area (Å²) in [5.41, 5.74) is 2.92. The molecule has 0 aromatic heterocycles. The van der Waals surface area contributed by atoms with E-state index in [9.17, 15) is 4.79 Å². The normalized spacial score (nSPS) is 18.3. The van der Waals surface area contributed by atoms with E-state index in [0.717, 1.165) is 16.8 Å². The van der Waals surface area contributed by atoms with Gasteiger partial charge in [-0.15, -0.1) is 11.8 Å². The fourth-order valence-electron chi connectivity index (χ4n) is 2.45. The molecule has 1 heterocycles. The quantitative estimate of drug-likeness (QED) is 0.761. The Morgan fingerprint density at radius 2 is 1.95 bits per heavy atom. The van der Waals surface area contributed by atoms with Crippen LogP contribution in [0.2, 0.25) is 10.0 Å². The first-order valence-electron chi connectivity index (χ1n) is 6.52. The van der Waals surface area contributed by atoms with Crippen molar-refractivity contribution in [3.05, 3.63) is 63.6 Å². The van der Waals surface area contributed by atoms with Gasteiger partial charge < -0.3 is 0 Å². The van der Waals surface area contributed by atoms with Gasteiger partial charge in [-0.2, -0.15) is 0 Å². The van der Waals surface area contributed by atoms with E-state index in [1.54, 1.807) is 17.8 Å². The number of halogens is 2. The molecule has 2 nitrogen and oxygen atoms in total. The Morgan fingerprint density at radius 3 is 2.67 bits per heavy atom. The number of carbonyl (C=O) groups excluding carboxylic acids is 1. The van der Waals surface area contributed by atoms with Crippen LogP contribution in [0.3, 0.4) is 0 Å². The van der Waals surface area contributed by atoms with Crippen LogP contribution in [-0.4, -0.2) is 11.7 Å². The Balaban J connectivity index is 2.06. The van der Waals surface area contributed by atoms with E-state index in [0.29, 0.717) is 15.8 Å². The van der Waals surface area contributed by atoms with E-state index >= 15 is 0 Å². The molecule has 1 atom stereocenters. The number of carbonyl (C=O) groups is 1. The van der Waals surface area contributed by atoms with Crippen molar-refractivity contribution in [1.82, 2.24) is 0 Å². The molecule has 0 spiro atoms. The molecule has 108 valence electrons. The van der Waals surface area contributed by atoms with Crippen molar-refractivity contribution >= 4 is 46.6 Å². The summed E-state index contributed by atoms with van der Waals surface area (Å²) in [6.07, 6.45) is 0. The maximum absolute atomic E-state index is 12.3. The van der Waals surface area contributed by atoms with Gasteiger partial charge in [0.1, 0.15) is 5.37 Å². The third-order valence-electron chi connectivity index (χ3n) is 3.47. The van der Waals surface area contributed by atoms with Gasteiger partial charge in [0.15, 0.2) is 0 Å². The standard InChI is InChI=1S/C16H13Cl2NOS/c1-10-4-2-3-5-14(10)19-15(20)9-21-16(19)12-7-6-11(17)8-13(12)18/h2-8,16H,9H2,1H3/t16-/m1/s1. The Hall–Kier alpha value is -1.16. The van der Waals surface area contributed by atoms with E-state index in [2.05, 4.69) is 0 Å². The first-order chi connectivity index (χ1) is 10.1. The van der Waals surface area contributed by atoms with Crippen LogP contribution in [0.1, 0.15) is 16.5 Å². The van der Waals surface area contributed by atoms with E-state index in [4.69, 9.17) is 23.2 Å². The van der Waals surface area contributed by atoms with Gasteiger partial charge in [0.05, 0.1) is 5.75 Å². The van der Waals surface area contributed by atoms with Crippen molar-refractivity contribution in [2.45, 2.75) is 12.3 Å². The third kappa shape index (κ3) is 2.78. The molecule has 2 aromatic rings. The Kier molecular flexibility index (Phi) is 4.16. The van der Waals surface area contributed by atoms with E-state index in [1.807, 2.05) is 48.2 Å². The Labute approximate surface area is 138 Å². The zero-order chi connectivity index (χ0) is 15.0. The zero-order valence-electron chi connectivity index (χ0n) is 11.3. The summed E-state index contributed by atoms with van der Waals surface area (Å²) in [4.78, 5) is 14.2. The third-order valence-corrected chi connectivity index (χ3v) is 5.23. The zero-order valence-corrected chi connectivity index (χ0v) is 13.7. The van der Waals surface area contributed by atoms with Gasteiger partial charge >= 0.3 is 0 Å². The fraction of sp³-hybridized carbons (Fsp3) is 0.188. The lowest BCUT2D eigenvalue weighted by molar-refractivity contribution is -0.115. The smallest absolute Gasteiger partial charge is 0.238 e. The van der Waals surface area contributed by atoms with Crippen LogP contribution < -0.4 is 4.90 Å². The van der Waals surface area contributed by atoms with Gasteiger partial charge in [0, 0.05) is 21.3 Å². The second kappa shape index (κ2) is 5.91. The second-order valence-corrected chi connectivity index (χ2v) is 6.79. The van der Waals surface area contributed by atoms with Gasteiger partial charge in [-0.05, 0) is 30.7 Å². The van der Waals surface area contributed by atoms with Gasteiger partial charge in [-0.3, -0.25) is 9.69 Å². The predicted octanol–water partition coefficient (Wildman–Crippen LogP) is 5.08. The highest BCUT2D eigenvalue weighted by Gasteiger charge is 2.35. The minimum absolute atomic E-state index is 0.102. The highest BCUT2D eigenvalue weighted by molar-refractivity contribution is 8.00. The maximum atomic E-state index is 12.3. The number of aryl methyl sites for hydroxylation is 1. The van der Waals surface area contributed by atoms with Crippen molar-refractivity contribution in [3.8, 4) is 0 Å². The van der Waals surface area contributed by atoms with Gasteiger partial charge in [-0.1, -0.05) is 47.5 Å². The highest BCUT2D eigenvalue weighted by atomic mass is 35.5. The first-order valence-corrected chi connectivity index (χ1v) is 8.32. The Bertz CT molecular complexity index is 704. The summed E-state index contributed by atoms with van der Waals surface area (Å²) < 4.78 is 0. The number of nitrogens with zero attached hydrogens (tertiary/aromatic N) is 1. The first kappa shape index (κ1) is 14.8. The van der Waals surface area contributed by atoms with Crippen molar-refractivity contribution in [3.63, 3.8) is 0 Å². The molecule has 0 saturated carbocycles. The van der Waals surface area contributed by atoms with Crippen LogP contribution in [0.25, 0.3) is 0 Å². The van der Waals surface area contributed by atoms with Crippen molar-refractivity contribution in [1.29, 1.82) is 0 Å². The molecule has 0 unspecified atom stereocenters. The number of anilines is 1. The topological polar surface area (TPSA) is 20.3 Å². The van der Waals surface area contributed by atoms with Crippen molar-refractivity contribution in [2.75, 3.05) is 10.7 Å². The summed E-state index contributed by atoms with van der Waals surface area (Å²) in [6.45, 7) is 2.01. The molecular formula is C16H13Cl2NOS. The van der Waals surface area contributed by atoms with Crippen molar-refractivity contribution < 1.29 is 4.79 Å². The summed E-state index contributed by atoms with van der Waals surface area (Å²) in [7, 11) is 0. The fourth-order valence-corrected chi connectivity index (χ4v) is 4.23. The number of thioether (sulfide) groups is 1. The van der Waals surface area contributed by atoms with Crippen LogP contribution in [0.4, 0.5) is 5.69 Å². The summed E-state index contributed by atoms with van der Waals surface area (Å²) in [5, 5.41) is 1.08. The van der Waals surface area contributed by atoms with Crippen molar-refractivity contribution in [2.24, 2.45) is 0 Å². The molecule has 0 aliphatic carbocycles. The van der Waals surface area contributed by atoms with Crippen LogP contribution in [0.5, 0.6) is 0 Å². The number of hydrogen-bond donors (Lipinski definition) is 0. The Morgan fingerprint density at radius 1 is 1.19 bits per heavy atom. The average molecular weight is 338 g/mol. The number of para-hydroxylation sites is 1. The molecule has 1 saturated heterocycles. The summed E-state index contributed by atoms with van der Waals surface area (Å²) in [5.74, 6) is 0.558. The molecule has 2 aromatic carbocycles. The largest absolute Gasteiger partial charge is 0.295 e. The summed E-state index contributed by atoms with van der Waals surface area (Å²) in [6, 6.07) is 13.3. The van der Waals surface area contributed by atoms with Crippen LogP contribution in [-0.2, 0) is 4.79 Å². The van der Waals surface area contributed by atoms with E-state index in [1.165, 1.54) is 0 Å². The molecular weight excluding hydrogens is 325 g/mol. The minimum atomic E-state index is -0.108. The molecule has 0 radical (unpaired) electrons. The van der Waals surface area contributed by atoms with Gasteiger partial charge in [0.25, 0.3) is 0 Å². The van der Waals surface area contributed by atoms with Crippen LogP contribution >= 0.6 is 35.0 Å². The molecule has 1 amide bonds. The monoisotopic (exact) mass is 337 g/mol. The molecule has 3 rings (SSSR count). The molecule has 1 fully saturated rings. The minimum Gasteiger partial charge on any atom is -0.295 e. The molecule has 21 heavy (non-hydrogen) atoms. The SMILES string of the molecule is Cc1ccccc1N1C(=O)CS[C@@H]1c1ccc(Cl)cc1Cl. The number of amides is 1. The predicted molar refractivity (Wildman–Crippen MR) is 90.3 cm³/mol. The van der Waals surface area contributed by atoms with E-state index in [-0.39, 0.29) is 11.3 Å².